The van der Waals surface area contributed by atoms with Gasteiger partial charge in [0.1, 0.15) is 17.6 Å². The van der Waals surface area contributed by atoms with Crippen molar-refractivity contribution >= 4 is 6.09 Å². The van der Waals surface area contributed by atoms with E-state index in [1.807, 2.05) is 0 Å². The second kappa shape index (κ2) is 5.73. The van der Waals surface area contributed by atoms with Crippen LogP contribution in [0.15, 0.2) is 24.3 Å². The highest BCUT2D eigenvalue weighted by Crippen LogP contribution is 2.27. The number of benzene rings is 1. The Balaban J connectivity index is 1.77. The van der Waals surface area contributed by atoms with E-state index in [0.717, 1.165) is 0 Å². The molecule has 0 spiro atoms. The molecule has 0 atom stereocenters. The van der Waals surface area contributed by atoms with E-state index in [4.69, 9.17) is 9.84 Å². The summed E-state index contributed by atoms with van der Waals surface area (Å²) >= 11 is 0. The molecule has 0 aromatic heterocycles. The first-order chi connectivity index (χ1) is 9.02. The molecule has 2 rings (SSSR count). The predicted molar refractivity (Wildman–Crippen MR) is 61.7 cm³/mol. The summed E-state index contributed by atoms with van der Waals surface area (Å²) in [6.45, 7) is -2.85. The molecule has 19 heavy (non-hydrogen) atoms. The van der Waals surface area contributed by atoms with E-state index in [2.05, 4.69) is 10.1 Å². The zero-order valence-corrected chi connectivity index (χ0v) is 9.88. The average molecular weight is 273 g/mol. The van der Waals surface area contributed by atoms with Crippen LogP contribution in [-0.2, 0) is 0 Å². The van der Waals surface area contributed by atoms with Gasteiger partial charge in [0.15, 0.2) is 0 Å². The number of carboxylic acid groups (broad SMARTS) is 1. The van der Waals surface area contributed by atoms with Gasteiger partial charge in [-0.25, -0.2) is 4.79 Å². The van der Waals surface area contributed by atoms with Crippen molar-refractivity contribution in [3.8, 4) is 11.5 Å². The summed E-state index contributed by atoms with van der Waals surface area (Å²) in [6, 6.07) is 5.79. The Morgan fingerprint density at radius 3 is 2.37 bits per heavy atom. The highest BCUT2D eigenvalue weighted by atomic mass is 19.3. The minimum absolute atomic E-state index is 0.0567. The average Bonchev–Trinajstić information content (AvgIpc) is 2.27. The fourth-order valence-corrected chi connectivity index (χ4v) is 1.85. The summed E-state index contributed by atoms with van der Waals surface area (Å²) in [5, 5.41) is 10.9. The Morgan fingerprint density at radius 2 is 1.84 bits per heavy atom. The Labute approximate surface area is 108 Å². The molecule has 0 unspecified atom stereocenters. The van der Waals surface area contributed by atoms with E-state index in [0.29, 0.717) is 18.6 Å². The van der Waals surface area contributed by atoms with Crippen LogP contribution in [-0.4, -0.2) is 30.0 Å². The Bertz CT molecular complexity index is 432. The van der Waals surface area contributed by atoms with E-state index in [1.54, 1.807) is 0 Å². The lowest BCUT2D eigenvalue weighted by Gasteiger charge is -2.35. The number of nitrogens with one attached hydrogen (secondary N) is 1. The van der Waals surface area contributed by atoms with Crippen molar-refractivity contribution in [2.24, 2.45) is 0 Å². The van der Waals surface area contributed by atoms with Gasteiger partial charge in [0, 0.05) is 18.9 Å². The largest absolute Gasteiger partial charge is 0.490 e. The molecule has 7 heteroatoms. The molecule has 104 valence electrons. The minimum atomic E-state index is -2.85. The van der Waals surface area contributed by atoms with Crippen molar-refractivity contribution in [3.63, 3.8) is 0 Å². The van der Waals surface area contributed by atoms with Gasteiger partial charge >= 0.3 is 12.7 Å². The highest BCUT2D eigenvalue weighted by molar-refractivity contribution is 5.65. The third kappa shape index (κ3) is 3.97. The van der Waals surface area contributed by atoms with Crippen molar-refractivity contribution < 1.29 is 28.2 Å². The summed E-state index contributed by atoms with van der Waals surface area (Å²) in [6.07, 6.45) is 0.0964. The molecule has 2 N–H and O–H groups in total. The SMILES string of the molecule is O=C(O)NC1CC(Oc2ccc(OC(F)F)cc2)C1. The lowest BCUT2D eigenvalue weighted by Crippen LogP contribution is -2.48. The van der Waals surface area contributed by atoms with Crippen molar-refractivity contribution in [1.82, 2.24) is 5.32 Å². The fraction of sp³-hybridized carbons (Fsp3) is 0.417. The molecule has 1 saturated carbocycles. The number of hydrogen-bond donors (Lipinski definition) is 2. The minimum Gasteiger partial charge on any atom is -0.490 e. The number of alkyl halides is 2. The Hall–Kier alpha value is -2.05. The number of amides is 1. The van der Waals surface area contributed by atoms with Gasteiger partial charge in [0.25, 0.3) is 0 Å². The van der Waals surface area contributed by atoms with Crippen molar-refractivity contribution in [2.75, 3.05) is 0 Å². The first kappa shape index (κ1) is 13.4. The zero-order valence-electron chi connectivity index (χ0n) is 9.88. The third-order valence-electron chi connectivity index (χ3n) is 2.77. The molecule has 1 aromatic carbocycles. The van der Waals surface area contributed by atoms with Gasteiger partial charge in [-0.1, -0.05) is 0 Å². The van der Waals surface area contributed by atoms with Crippen LogP contribution in [0.2, 0.25) is 0 Å². The van der Waals surface area contributed by atoms with Crippen LogP contribution in [0.1, 0.15) is 12.8 Å². The van der Waals surface area contributed by atoms with Crippen molar-refractivity contribution in [2.45, 2.75) is 31.6 Å². The van der Waals surface area contributed by atoms with Gasteiger partial charge in [-0.15, -0.1) is 0 Å². The van der Waals surface area contributed by atoms with E-state index >= 15 is 0 Å². The first-order valence-electron chi connectivity index (χ1n) is 5.74. The smallest absolute Gasteiger partial charge is 0.404 e. The molecule has 1 aromatic rings. The molecule has 1 amide bonds. The summed E-state index contributed by atoms with van der Waals surface area (Å²) in [4.78, 5) is 10.4. The van der Waals surface area contributed by atoms with Crippen LogP contribution < -0.4 is 14.8 Å². The quantitative estimate of drug-likeness (QED) is 0.864. The monoisotopic (exact) mass is 273 g/mol. The molecule has 0 bridgehead atoms. The lowest BCUT2D eigenvalue weighted by atomic mass is 9.89. The molecule has 5 nitrogen and oxygen atoms in total. The fourth-order valence-electron chi connectivity index (χ4n) is 1.85. The number of ether oxygens (including phenoxy) is 2. The third-order valence-corrected chi connectivity index (χ3v) is 2.77. The Morgan fingerprint density at radius 1 is 1.26 bits per heavy atom. The molecule has 0 saturated heterocycles. The molecule has 1 aliphatic carbocycles. The normalized spacial score (nSPS) is 21.6. The number of hydrogen-bond acceptors (Lipinski definition) is 3. The maximum absolute atomic E-state index is 11.9. The van der Waals surface area contributed by atoms with Crippen LogP contribution in [0, 0.1) is 0 Å². The lowest BCUT2D eigenvalue weighted by molar-refractivity contribution is -0.0499. The second-order valence-electron chi connectivity index (χ2n) is 4.21. The van der Waals surface area contributed by atoms with Gasteiger partial charge in [-0.2, -0.15) is 8.78 Å². The van der Waals surface area contributed by atoms with Gasteiger partial charge in [-0.3, -0.25) is 0 Å². The van der Waals surface area contributed by atoms with Crippen LogP contribution in [0.5, 0.6) is 11.5 Å². The molecule has 0 heterocycles. The second-order valence-corrected chi connectivity index (χ2v) is 4.21. The van der Waals surface area contributed by atoms with Gasteiger partial charge in [-0.05, 0) is 24.3 Å². The van der Waals surface area contributed by atoms with Crippen molar-refractivity contribution in [3.05, 3.63) is 24.3 Å². The maximum atomic E-state index is 11.9. The maximum Gasteiger partial charge on any atom is 0.404 e. The highest BCUT2D eigenvalue weighted by Gasteiger charge is 2.31. The topological polar surface area (TPSA) is 67.8 Å². The summed E-state index contributed by atoms with van der Waals surface area (Å²) in [5.41, 5.74) is 0. The summed E-state index contributed by atoms with van der Waals surface area (Å²) < 4.78 is 33.6. The van der Waals surface area contributed by atoms with E-state index in [-0.39, 0.29) is 17.9 Å². The molecular formula is C12H13F2NO4. The molecular weight excluding hydrogens is 260 g/mol. The first-order valence-corrected chi connectivity index (χ1v) is 5.74. The van der Waals surface area contributed by atoms with E-state index in [1.165, 1.54) is 24.3 Å². The number of carbonyl (C=O) groups is 1. The van der Waals surface area contributed by atoms with Gasteiger partial charge in [0.2, 0.25) is 0 Å². The molecule has 1 fully saturated rings. The van der Waals surface area contributed by atoms with Crippen LogP contribution in [0.3, 0.4) is 0 Å². The van der Waals surface area contributed by atoms with E-state index < -0.39 is 12.7 Å². The Kier molecular flexibility index (Phi) is 4.03. The molecule has 1 aliphatic rings. The number of halogens is 2. The molecule has 0 radical (unpaired) electrons. The van der Waals surface area contributed by atoms with Gasteiger partial charge in [0.05, 0.1) is 0 Å². The van der Waals surface area contributed by atoms with E-state index in [9.17, 15) is 13.6 Å². The van der Waals surface area contributed by atoms with Crippen LogP contribution in [0.4, 0.5) is 13.6 Å². The standard InChI is InChI=1S/C12H13F2NO4/c13-11(14)19-9-3-1-8(2-4-9)18-10-5-7(6-10)15-12(16)17/h1-4,7,10-11,15H,5-6H2,(H,16,17). The van der Waals surface area contributed by atoms with Crippen LogP contribution in [0.25, 0.3) is 0 Å². The number of rotatable bonds is 5. The predicted octanol–water partition coefficient (Wildman–Crippen LogP) is 2.47. The summed E-state index contributed by atoms with van der Waals surface area (Å²) in [7, 11) is 0. The summed E-state index contributed by atoms with van der Waals surface area (Å²) in [5.74, 6) is 0.613. The zero-order chi connectivity index (χ0) is 13.8. The molecule has 0 aliphatic heterocycles. The van der Waals surface area contributed by atoms with Crippen molar-refractivity contribution in [1.29, 1.82) is 0 Å². The van der Waals surface area contributed by atoms with Crippen LogP contribution >= 0.6 is 0 Å². The van der Waals surface area contributed by atoms with Gasteiger partial charge < -0.3 is 19.9 Å².